The number of hydrogen-bond acceptors (Lipinski definition) is 9. The molecule has 0 spiro atoms. The molecule has 2 atom stereocenters. The highest BCUT2D eigenvalue weighted by Gasteiger charge is 2.36. The van der Waals surface area contributed by atoms with Gasteiger partial charge in [0.25, 0.3) is 23.1 Å². The number of methoxy groups -OCH3 is 2. The first kappa shape index (κ1) is 32.7. The molecular formula is C37H38N6O7. The van der Waals surface area contributed by atoms with Gasteiger partial charge >= 0.3 is 0 Å². The molecule has 4 aromatic rings. The average molecular weight is 679 g/mol. The van der Waals surface area contributed by atoms with Crippen molar-refractivity contribution in [3.8, 4) is 11.5 Å². The summed E-state index contributed by atoms with van der Waals surface area (Å²) in [5.74, 6) is 0.826. The van der Waals surface area contributed by atoms with Gasteiger partial charge in [0.05, 0.1) is 30.5 Å². The fourth-order valence-electron chi connectivity index (χ4n) is 7.41. The quantitative estimate of drug-likeness (QED) is 0.209. The number of carbonyl (C=O) groups is 2. The van der Waals surface area contributed by atoms with E-state index in [1.54, 1.807) is 47.4 Å². The van der Waals surface area contributed by atoms with Crippen LogP contribution in [0.2, 0.25) is 0 Å². The molecule has 2 amide bonds. The van der Waals surface area contributed by atoms with Crippen molar-refractivity contribution in [2.45, 2.75) is 18.9 Å². The molecular weight excluding hydrogens is 640 g/mol. The van der Waals surface area contributed by atoms with E-state index in [0.717, 1.165) is 23.5 Å². The zero-order valence-electron chi connectivity index (χ0n) is 27.9. The molecule has 7 rings (SSSR count). The molecule has 0 unspecified atom stereocenters. The van der Waals surface area contributed by atoms with Crippen LogP contribution in [0.5, 0.6) is 11.5 Å². The van der Waals surface area contributed by atoms with E-state index in [9.17, 15) is 24.5 Å². The Morgan fingerprint density at radius 1 is 0.820 bits per heavy atom. The summed E-state index contributed by atoms with van der Waals surface area (Å²) >= 11 is 0. The summed E-state index contributed by atoms with van der Waals surface area (Å²) in [6, 6.07) is 22.3. The van der Waals surface area contributed by atoms with E-state index in [0.29, 0.717) is 74.1 Å². The first-order valence-corrected chi connectivity index (χ1v) is 16.6. The number of nitro benzene ring substituents is 1. The van der Waals surface area contributed by atoms with E-state index in [2.05, 4.69) is 15.1 Å². The van der Waals surface area contributed by atoms with Crippen LogP contribution in [0.4, 0.5) is 22.7 Å². The Morgan fingerprint density at radius 3 is 2.22 bits per heavy atom. The zero-order chi connectivity index (χ0) is 34.9. The van der Waals surface area contributed by atoms with E-state index < -0.39 is 4.92 Å². The number of non-ortho nitro benzene ring substituents is 1. The van der Waals surface area contributed by atoms with Crippen LogP contribution in [0.25, 0.3) is 0 Å². The maximum atomic E-state index is 13.9. The number of rotatable bonds is 8. The van der Waals surface area contributed by atoms with Crippen molar-refractivity contribution >= 4 is 34.6 Å². The van der Waals surface area contributed by atoms with Gasteiger partial charge in [0.2, 0.25) is 0 Å². The number of piperazine rings is 1. The first-order valence-electron chi connectivity index (χ1n) is 16.6. The molecule has 1 aromatic heterocycles. The molecule has 3 aromatic carbocycles. The van der Waals surface area contributed by atoms with Crippen molar-refractivity contribution in [3.63, 3.8) is 0 Å². The van der Waals surface area contributed by atoms with Crippen molar-refractivity contribution < 1.29 is 24.0 Å². The Kier molecular flexibility index (Phi) is 8.87. The molecule has 0 aliphatic carbocycles. The lowest BCUT2D eigenvalue weighted by Gasteiger charge is -2.44. The zero-order valence-corrected chi connectivity index (χ0v) is 27.9. The predicted molar refractivity (Wildman–Crippen MR) is 189 cm³/mol. The predicted octanol–water partition coefficient (Wildman–Crippen LogP) is 4.61. The van der Waals surface area contributed by atoms with Gasteiger partial charge in [-0.1, -0.05) is 6.07 Å². The SMILES string of the molecule is COc1cc(OC)cc(C(=O)Nc2cc(C(=O)N3CCN(c4ccc([N+](=O)[O-])cc4)CC3)ccc2N2C[C@H]3C[C@@H](C2)c2cccc(=O)n2C3)c1. The number of fused-ring (bicyclic) bond motifs is 4. The van der Waals surface area contributed by atoms with Crippen molar-refractivity contribution in [1.82, 2.24) is 9.47 Å². The van der Waals surface area contributed by atoms with Crippen LogP contribution >= 0.6 is 0 Å². The van der Waals surface area contributed by atoms with Gasteiger partial charge in [0.1, 0.15) is 11.5 Å². The summed E-state index contributed by atoms with van der Waals surface area (Å²) in [5, 5.41) is 14.1. The van der Waals surface area contributed by atoms with Gasteiger partial charge in [0, 0.05) is 98.5 Å². The van der Waals surface area contributed by atoms with Crippen molar-refractivity contribution in [2.75, 3.05) is 68.6 Å². The fraction of sp³-hybridized carbons (Fsp3) is 0.324. The standard InChI is InChI=1S/C37H38N6O7/c1-49-30-17-26(18-31(20-30)50-2)36(45)38-32-19-25(37(46)40-14-12-39(13-15-40)28-7-9-29(10-8-28)43(47)48)6-11-34(32)41-21-24-16-27(23-41)33-4-3-5-35(44)42(33)22-24/h3-11,17-20,24,27H,12-16,21-23H2,1-2H3,(H,38,45)/t24-,27+/m1/s1. The molecule has 258 valence electrons. The molecule has 2 fully saturated rings. The number of hydrogen-bond donors (Lipinski definition) is 1. The minimum atomic E-state index is -0.422. The number of amides is 2. The second-order valence-corrected chi connectivity index (χ2v) is 12.9. The molecule has 0 radical (unpaired) electrons. The van der Waals surface area contributed by atoms with Crippen molar-refractivity contribution in [3.05, 3.63) is 116 Å². The lowest BCUT2D eigenvalue weighted by atomic mass is 9.83. The van der Waals surface area contributed by atoms with Gasteiger partial charge in [-0.05, 0) is 60.9 Å². The number of benzene rings is 3. The third kappa shape index (κ3) is 6.46. The van der Waals surface area contributed by atoms with Crippen LogP contribution in [0, 0.1) is 16.0 Å². The van der Waals surface area contributed by atoms with E-state index in [1.807, 2.05) is 28.8 Å². The largest absolute Gasteiger partial charge is 0.497 e. The van der Waals surface area contributed by atoms with Gasteiger partial charge in [-0.2, -0.15) is 0 Å². The molecule has 50 heavy (non-hydrogen) atoms. The highest BCUT2D eigenvalue weighted by molar-refractivity contribution is 6.07. The topological polar surface area (TPSA) is 139 Å². The average Bonchev–Trinajstić information content (AvgIpc) is 3.14. The summed E-state index contributed by atoms with van der Waals surface area (Å²) in [4.78, 5) is 57.1. The lowest BCUT2D eigenvalue weighted by molar-refractivity contribution is -0.384. The van der Waals surface area contributed by atoms with E-state index in [-0.39, 0.29) is 34.9 Å². The molecule has 1 N–H and O–H groups in total. The Balaban J connectivity index is 1.15. The minimum Gasteiger partial charge on any atom is -0.497 e. The normalized spacial score (nSPS) is 18.2. The molecule has 2 bridgehead atoms. The van der Waals surface area contributed by atoms with Gasteiger partial charge in [-0.25, -0.2) is 0 Å². The van der Waals surface area contributed by atoms with Crippen LogP contribution in [0.3, 0.4) is 0 Å². The Bertz CT molecular complexity index is 1980. The summed E-state index contributed by atoms with van der Waals surface area (Å²) in [6.07, 6.45) is 0.980. The number of piperidine rings is 1. The molecule has 13 nitrogen and oxygen atoms in total. The Morgan fingerprint density at radius 2 is 1.54 bits per heavy atom. The van der Waals surface area contributed by atoms with Gasteiger partial charge in [-0.15, -0.1) is 0 Å². The highest BCUT2D eigenvalue weighted by Crippen LogP contribution is 2.40. The number of ether oxygens (including phenoxy) is 2. The van der Waals surface area contributed by atoms with E-state index in [4.69, 9.17) is 9.47 Å². The molecule has 2 saturated heterocycles. The summed E-state index contributed by atoms with van der Waals surface area (Å²) in [5.41, 5.74) is 4.04. The second kappa shape index (κ2) is 13.6. The number of nitrogens with one attached hydrogen (secondary N) is 1. The van der Waals surface area contributed by atoms with Gasteiger partial charge in [0.15, 0.2) is 0 Å². The number of aromatic nitrogens is 1. The lowest BCUT2D eigenvalue weighted by Crippen LogP contribution is -2.49. The summed E-state index contributed by atoms with van der Waals surface area (Å²) < 4.78 is 12.7. The number of nitro groups is 1. The summed E-state index contributed by atoms with van der Waals surface area (Å²) in [6.45, 7) is 4.08. The maximum Gasteiger partial charge on any atom is 0.269 e. The monoisotopic (exact) mass is 678 g/mol. The number of pyridine rings is 1. The van der Waals surface area contributed by atoms with E-state index >= 15 is 0 Å². The number of anilines is 3. The van der Waals surface area contributed by atoms with Crippen molar-refractivity contribution in [2.24, 2.45) is 5.92 Å². The second-order valence-electron chi connectivity index (χ2n) is 12.9. The number of carbonyl (C=O) groups excluding carboxylic acids is 2. The number of nitrogens with zero attached hydrogens (tertiary/aromatic N) is 5. The van der Waals surface area contributed by atoms with Crippen LogP contribution in [0.15, 0.2) is 83.7 Å². The third-order valence-corrected chi connectivity index (χ3v) is 9.92. The third-order valence-electron chi connectivity index (χ3n) is 9.92. The Hall–Kier alpha value is -5.85. The smallest absolute Gasteiger partial charge is 0.269 e. The fourth-order valence-corrected chi connectivity index (χ4v) is 7.41. The molecule has 4 heterocycles. The minimum absolute atomic E-state index is 0.0174. The molecule has 3 aliphatic rings. The van der Waals surface area contributed by atoms with E-state index in [1.165, 1.54) is 26.4 Å². The Labute approximate surface area is 288 Å². The molecule has 0 saturated carbocycles. The van der Waals surface area contributed by atoms with Gasteiger partial charge in [-0.3, -0.25) is 24.5 Å². The van der Waals surface area contributed by atoms with Gasteiger partial charge < -0.3 is 34.1 Å². The van der Waals surface area contributed by atoms with Crippen molar-refractivity contribution in [1.29, 1.82) is 0 Å². The molecule has 3 aliphatic heterocycles. The van der Waals surface area contributed by atoms with Crippen LogP contribution in [-0.4, -0.2) is 79.7 Å². The van der Waals surface area contributed by atoms with Crippen LogP contribution < -0.4 is 30.1 Å². The first-order chi connectivity index (χ1) is 24.2. The maximum absolute atomic E-state index is 13.9. The highest BCUT2D eigenvalue weighted by atomic mass is 16.6. The van der Waals surface area contributed by atoms with Crippen LogP contribution in [0.1, 0.15) is 38.7 Å². The molecule has 13 heteroatoms. The summed E-state index contributed by atoms with van der Waals surface area (Å²) in [7, 11) is 3.05. The van der Waals surface area contributed by atoms with Crippen LogP contribution in [-0.2, 0) is 6.54 Å².